The average molecular weight is 357 g/mol. The predicted molar refractivity (Wildman–Crippen MR) is 76.2 cm³/mol. The topological polar surface area (TPSA) is 35.2 Å². The van der Waals surface area contributed by atoms with Crippen LogP contribution in [0.15, 0.2) is 51.4 Å². The Hall–Kier alpha value is -0.840. The average Bonchev–Trinajstić information content (AvgIpc) is 2.32. The van der Waals surface area contributed by atoms with Gasteiger partial charge in [-0.25, -0.2) is 0 Å². The normalized spacial score (nSPS) is 10.3. The van der Waals surface area contributed by atoms with Gasteiger partial charge in [0.1, 0.15) is 11.5 Å². The van der Waals surface area contributed by atoms with Crippen LogP contribution < -0.4 is 10.5 Å². The van der Waals surface area contributed by atoms with Crippen LogP contribution in [0.3, 0.4) is 0 Å². The summed E-state index contributed by atoms with van der Waals surface area (Å²) in [6.07, 6.45) is 0. The van der Waals surface area contributed by atoms with Crippen molar-refractivity contribution in [3.05, 3.63) is 57.0 Å². The highest BCUT2D eigenvalue weighted by Gasteiger charge is 2.08. The minimum atomic E-state index is 0.432. The number of hydrogen-bond acceptors (Lipinski definition) is 2. The Kier molecular flexibility index (Phi) is 4.20. The fourth-order valence-corrected chi connectivity index (χ4v) is 2.35. The molecule has 2 N–H and O–H groups in total. The van der Waals surface area contributed by atoms with Gasteiger partial charge in [0.2, 0.25) is 0 Å². The van der Waals surface area contributed by atoms with Gasteiger partial charge in [0, 0.05) is 16.6 Å². The molecule has 0 bridgehead atoms. The van der Waals surface area contributed by atoms with Gasteiger partial charge < -0.3 is 10.5 Å². The quantitative estimate of drug-likeness (QED) is 0.880. The Morgan fingerprint density at radius 1 is 0.882 bits per heavy atom. The number of hydrogen-bond donors (Lipinski definition) is 1. The zero-order valence-corrected chi connectivity index (χ0v) is 12.2. The zero-order valence-electron chi connectivity index (χ0n) is 8.99. The van der Waals surface area contributed by atoms with Crippen LogP contribution in [0.5, 0.6) is 11.5 Å². The van der Waals surface area contributed by atoms with Gasteiger partial charge in [0.25, 0.3) is 0 Å². The van der Waals surface area contributed by atoms with Crippen molar-refractivity contribution >= 4 is 31.9 Å². The van der Waals surface area contributed by atoms with Gasteiger partial charge in [0.15, 0.2) is 0 Å². The predicted octanol–water partition coefficient (Wildman–Crippen LogP) is 4.46. The van der Waals surface area contributed by atoms with Crippen molar-refractivity contribution < 1.29 is 4.74 Å². The largest absolute Gasteiger partial charge is 0.456 e. The summed E-state index contributed by atoms with van der Waals surface area (Å²) in [7, 11) is 0. The molecule has 0 aromatic heterocycles. The second kappa shape index (κ2) is 5.67. The lowest BCUT2D eigenvalue weighted by atomic mass is 10.2. The van der Waals surface area contributed by atoms with E-state index in [1.54, 1.807) is 0 Å². The lowest BCUT2D eigenvalue weighted by Gasteiger charge is -2.12. The molecule has 4 heteroatoms. The first-order chi connectivity index (χ1) is 8.22. The second-order valence-corrected chi connectivity index (χ2v) is 5.16. The number of nitrogens with two attached hydrogens (primary N) is 1. The Balaban J connectivity index is 2.37. The SMILES string of the molecule is NCc1c(Br)cccc1Oc1ccccc1Br. The number of benzene rings is 2. The van der Waals surface area contributed by atoms with Gasteiger partial charge in [-0.15, -0.1) is 0 Å². The molecule has 0 spiro atoms. The van der Waals surface area contributed by atoms with E-state index in [-0.39, 0.29) is 0 Å². The van der Waals surface area contributed by atoms with E-state index in [9.17, 15) is 0 Å². The lowest BCUT2D eigenvalue weighted by molar-refractivity contribution is 0.473. The Labute approximate surface area is 117 Å². The van der Waals surface area contributed by atoms with Crippen LogP contribution in [0.1, 0.15) is 5.56 Å². The monoisotopic (exact) mass is 355 g/mol. The number of para-hydroxylation sites is 1. The third kappa shape index (κ3) is 2.89. The van der Waals surface area contributed by atoms with Crippen molar-refractivity contribution in [3.63, 3.8) is 0 Å². The molecule has 2 rings (SSSR count). The maximum atomic E-state index is 5.86. The highest BCUT2D eigenvalue weighted by Crippen LogP contribution is 2.33. The summed E-state index contributed by atoms with van der Waals surface area (Å²) in [5, 5.41) is 0. The molecule has 0 fully saturated rings. The number of halogens is 2. The third-order valence-electron chi connectivity index (χ3n) is 2.34. The van der Waals surface area contributed by atoms with Crippen LogP contribution in [-0.4, -0.2) is 0 Å². The molecular weight excluding hydrogens is 346 g/mol. The van der Waals surface area contributed by atoms with Crippen LogP contribution in [0.4, 0.5) is 0 Å². The summed E-state index contributed by atoms with van der Waals surface area (Å²) in [5.74, 6) is 1.55. The summed E-state index contributed by atoms with van der Waals surface area (Å²) < 4.78 is 7.74. The van der Waals surface area contributed by atoms with Crippen LogP contribution in [-0.2, 0) is 6.54 Å². The standard InChI is InChI=1S/C13H11Br2NO/c14-10-5-3-7-12(9(10)8-16)17-13-6-2-1-4-11(13)15/h1-7H,8,16H2. The first-order valence-corrected chi connectivity index (χ1v) is 6.71. The van der Waals surface area contributed by atoms with Gasteiger partial charge >= 0.3 is 0 Å². The van der Waals surface area contributed by atoms with Crippen molar-refractivity contribution in [3.8, 4) is 11.5 Å². The molecule has 0 saturated heterocycles. The third-order valence-corrected chi connectivity index (χ3v) is 3.73. The van der Waals surface area contributed by atoms with Crippen molar-refractivity contribution in [2.24, 2.45) is 5.73 Å². The highest BCUT2D eigenvalue weighted by molar-refractivity contribution is 9.10. The highest BCUT2D eigenvalue weighted by atomic mass is 79.9. The van der Waals surface area contributed by atoms with Crippen LogP contribution in [0.25, 0.3) is 0 Å². The zero-order chi connectivity index (χ0) is 12.3. The van der Waals surface area contributed by atoms with Crippen molar-refractivity contribution in [2.45, 2.75) is 6.54 Å². The molecule has 0 atom stereocenters. The van der Waals surface area contributed by atoms with Gasteiger partial charge in [-0.2, -0.15) is 0 Å². The van der Waals surface area contributed by atoms with E-state index in [4.69, 9.17) is 10.5 Å². The molecule has 17 heavy (non-hydrogen) atoms. The van der Waals surface area contributed by atoms with E-state index >= 15 is 0 Å². The smallest absolute Gasteiger partial charge is 0.141 e. The van der Waals surface area contributed by atoms with Gasteiger partial charge in [-0.1, -0.05) is 34.1 Å². The van der Waals surface area contributed by atoms with E-state index < -0.39 is 0 Å². The molecule has 0 aliphatic rings. The molecule has 0 unspecified atom stereocenters. The molecule has 0 saturated carbocycles. The maximum absolute atomic E-state index is 5.86. The molecule has 2 nitrogen and oxygen atoms in total. The summed E-state index contributed by atoms with van der Waals surface area (Å²) >= 11 is 6.92. The molecule has 2 aromatic carbocycles. The molecule has 88 valence electrons. The van der Waals surface area contributed by atoms with E-state index in [2.05, 4.69) is 31.9 Å². The molecule has 2 aromatic rings. The van der Waals surface area contributed by atoms with Gasteiger partial charge in [0.05, 0.1) is 4.47 Å². The van der Waals surface area contributed by atoms with E-state index in [0.29, 0.717) is 6.54 Å². The fraction of sp³-hybridized carbons (Fsp3) is 0.0769. The van der Waals surface area contributed by atoms with Gasteiger partial charge in [-0.3, -0.25) is 0 Å². The van der Waals surface area contributed by atoms with E-state index in [1.807, 2.05) is 42.5 Å². The van der Waals surface area contributed by atoms with Crippen molar-refractivity contribution in [1.29, 1.82) is 0 Å². The van der Waals surface area contributed by atoms with Gasteiger partial charge in [-0.05, 0) is 40.2 Å². The Morgan fingerprint density at radius 3 is 2.24 bits per heavy atom. The molecule has 0 amide bonds. The summed E-state index contributed by atoms with van der Waals surface area (Å²) in [6, 6.07) is 13.5. The number of rotatable bonds is 3. The summed E-state index contributed by atoms with van der Waals surface area (Å²) in [5.41, 5.74) is 6.68. The van der Waals surface area contributed by atoms with Crippen LogP contribution >= 0.6 is 31.9 Å². The molecular formula is C13H11Br2NO. The lowest BCUT2D eigenvalue weighted by Crippen LogP contribution is -2.00. The first kappa shape index (κ1) is 12.6. The minimum absolute atomic E-state index is 0.432. The molecule has 0 radical (unpaired) electrons. The molecule has 0 heterocycles. The molecule has 0 aliphatic carbocycles. The second-order valence-electron chi connectivity index (χ2n) is 3.45. The molecule has 0 aliphatic heterocycles. The Morgan fingerprint density at radius 2 is 1.53 bits per heavy atom. The van der Waals surface area contributed by atoms with E-state index in [1.165, 1.54) is 0 Å². The fourth-order valence-electron chi connectivity index (χ4n) is 1.48. The van der Waals surface area contributed by atoms with Crippen LogP contribution in [0.2, 0.25) is 0 Å². The summed E-state index contributed by atoms with van der Waals surface area (Å²) in [6.45, 7) is 0.432. The van der Waals surface area contributed by atoms with E-state index in [0.717, 1.165) is 26.0 Å². The maximum Gasteiger partial charge on any atom is 0.141 e. The first-order valence-electron chi connectivity index (χ1n) is 5.12. The summed E-state index contributed by atoms with van der Waals surface area (Å²) in [4.78, 5) is 0. The minimum Gasteiger partial charge on any atom is -0.456 e. The number of ether oxygens (including phenoxy) is 1. The Bertz CT molecular complexity index is 529. The van der Waals surface area contributed by atoms with Crippen molar-refractivity contribution in [2.75, 3.05) is 0 Å². The van der Waals surface area contributed by atoms with Crippen LogP contribution in [0, 0.1) is 0 Å². The van der Waals surface area contributed by atoms with Crippen molar-refractivity contribution in [1.82, 2.24) is 0 Å².